The molecule has 0 aliphatic carbocycles. The first-order valence-corrected chi connectivity index (χ1v) is 12.7. The van der Waals surface area contributed by atoms with Crippen molar-refractivity contribution in [3.05, 3.63) is 65.7 Å². The van der Waals surface area contributed by atoms with Crippen molar-refractivity contribution in [2.24, 2.45) is 0 Å². The van der Waals surface area contributed by atoms with Gasteiger partial charge in [0, 0.05) is 13.1 Å². The number of methoxy groups -OCH3 is 1. The molecule has 0 saturated carbocycles. The number of benzene rings is 2. The van der Waals surface area contributed by atoms with Gasteiger partial charge in [0.1, 0.15) is 23.9 Å². The van der Waals surface area contributed by atoms with Crippen LogP contribution in [0.3, 0.4) is 0 Å². The Balaban J connectivity index is 1.72. The molecule has 2 aromatic carbocycles. The zero-order valence-corrected chi connectivity index (χ0v) is 20.2. The van der Waals surface area contributed by atoms with Crippen LogP contribution in [0.5, 0.6) is 5.75 Å². The van der Waals surface area contributed by atoms with Gasteiger partial charge in [-0.1, -0.05) is 42.5 Å². The van der Waals surface area contributed by atoms with Gasteiger partial charge in [-0.3, -0.25) is 13.8 Å². The normalized spacial score (nSPS) is 22.9. The van der Waals surface area contributed by atoms with E-state index in [-0.39, 0.29) is 32.4 Å². The molecule has 3 atom stereocenters. The Hall–Kier alpha value is -3.12. The number of piperazine rings is 1. The van der Waals surface area contributed by atoms with E-state index in [1.165, 1.54) is 12.0 Å². The van der Waals surface area contributed by atoms with Crippen LogP contribution in [0.15, 0.2) is 54.6 Å². The Labute approximate surface area is 206 Å². The molecule has 2 bridgehead atoms. The number of ether oxygens (including phenoxy) is 1. The first kappa shape index (κ1) is 26.0. The van der Waals surface area contributed by atoms with Crippen molar-refractivity contribution in [2.45, 2.75) is 56.0 Å². The van der Waals surface area contributed by atoms with Crippen molar-refractivity contribution in [3.63, 3.8) is 0 Å². The average molecular weight is 527 g/mol. The average Bonchev–Trinajstić information content (AvgIpc) is 2.83. The number of amides is 2. The maximum atomic E-state index is 13.7. The van der Waals surface area contributed by atoms with E-state index in [0.29, 0.717) is 11.3 Å². The van der Waals surface area contributed by atoms with Gasteiger partial charge in [-0.25, -0.2) is 0 Å². The van der Waals surface area contributed by atoms with E-state index in [2.05, 4.69) is 4.18 Å². The number of alkyl halides is 3. The first-order valence-electron chi connectivity index (χ1n) is 11.3. The van der Waals surface area contributed by atoms with Gasteiger partial charge in [-0.05, 0) is 42.5 Å². The van der Waals surface area contributed by atoms with Crippen LogP contribution in [-0.2, 0) is 37.0 Å². The van der Waals surface area contributed by atoms with Gasteiger partial charge >= 0.3 is 15.6 Å². The van der Waals surface area contributed by atoms with Crippen LogP contribution in [0.1, 0.15) is 30.4 Å². The molecule has 0 unspecified atom stereocenters. The highest BCUT2D eigenvalue weighted by Gasteiger charge is 2.55. The molecular formula is C24H25F3N2O6S. The minimum atomic E-state index is -6.00. The molecule has 12 heteroatoms. The highest BCUT2D eigenvalue weighted by atomic mass is 32.2. The third-order valence-electron chi connectivity index (χ3n) is 6.38. The van der Waals surface area contributed by atoms with E-state index >= 15 is 0 Å². The van der Waals surface area contributed by atoms with Gasteiger partial charge in [0.15, 0.2) is 0 Å². The Kier molecular flexibility index (Phi) is 7.28. The van der Waals surface area contributed by atoms with Crippen molar-refractivity contribution in [2.75, 3.05) is 7.11 Å². The minimum absolute atomic E-state index is 0.0572. The number of hydrogen-bond donors (Lipinski definition) is 0. The second-order valence-corrected chi connectivity index (χ2v) is 10.3. The molecule has 0 radical (unpaired) electrons. The number of carbonyl (C=O) groups excluding carboxylic acids is 2. The summed E-state index contributed by atoms with van der Waals surface area (Å²) in [5, 5.41) is 0. The zero-order chi connectivity index (χ0) is 26.1. The first-order chi connectivity index (χ1) is 17.0. The lowest BCUT2D eigenvalue weighted by atomic mass is 9.89. The van der Waals surface area contributed by atoms with E-state index < -0.39 is 45.6 Å². The largest absolute Gasteiger partial charge is 0.523 e. The SMILES string of the molecule is COc1ccc(CN2C(=O)[C@H]3CCC[C@H](OS(=O)(=O)C(F)(F)F)[C@@H]2C(=O)N3Cc2ccccc2)cc1. The molecule has 0 spiro atoms. The lowest BCUT2D eigenvalue weighted by Gasteiger charge is -2.49. The number of nitrogens with zero attached hydrogens (tertiary/aromatic N) is 2. The molecule has 3 fully saturated rings. The predicted molar refractivity (Wildman–Crippen MR) is 122 cm³/mol. The minimum Gasteiger partial charge on any atom is -0.497 e. The lowest BCUT2D eigenvalue weighted by Crippen LogP contribution is -2.68. The van der Waals surface area contributed by atoms with Crippen LogP contribution in [0.25, 0.3) is 0 Å². The summed E-state index contributed by atoms with van der Waals surface area (Å²) in [4.78, 5) is 29.8. The van der Waals surface area contributed by atoms with E-state index in [0.717, 1.165) is 10.5 Å². The number of hydrogen-bond acceptors (Lipinski definition) is 6. The van der Waals surface area contributed by atoms with E-state index in [4.69, 9.17) is 4.74 Å². The topological polar surface area (TPSA) is 93.2 Å². The van der Waals surface area contributed by atoms with Crippen LogP contribution in [0.4, 0.5) is 13.2 Å². The molecule has 3 saturated heterocycles. The van der Waals surface area contributed by atoms with Crippen molar-refractivity contribution < 1.29 is 40.1 Å². The molecule has 3 aliphatic heterocycles. The third-order valence-corrected chi connectivity index (χ3v) is 7.44. The van der Waals surface area contributed by atoms with Crippen molar-refractivity contribution >= 4 is 21.9 Å². The van der Waals surface area contributed by atoms with Crippen LogP contribution in [0, 0.1) is 0 Å². The standard InChI is InChI=1S/C24H25F3N2O6S/c1-34-18-12-10-17(11-13-18)15-29-21-20(35-36(32,33)24(25,26)27)9-5-8-19(22(29)30)28(23(21)31)14-16-6-3-2-4-7-16/h2-4,6-7,10-13,19-21H,5,8-9,14-15H2,1H3/t19-,20+,21-/m1/s1. The van der Waals surface area contributed by atoms with Crippen LogP contribution >= 0.6 is 0 Å². The number of rotatable bonds is 7. The quantitative estimate of drug-likeness (QED) is 0.406. The van der Waals surface area contributed by atoms with Crippen molar-refractivity contribution in [3.8, 4) is 5.75 Å². The van der Waals surface area contributed by atoms with Gasteiger partial charge in [0.2, 0.25) is 11.8 Å². The summed E-state index contributed by atoms with van der Waals surface area (Å²) in [6, 6.07) is 13.1. The summed E-state index contributed by atoms with van der Waals surface area (Å²) >= 11 is 0. The highest BCUT2D eigenvalue weighted by Crippen LogP contribution is 2.35. The van der Waals surface area contributed by atoms with Gasteiger partial charge in [0.25, 0.3) is 0 Å². The molecule has 2 aromatic rings. The van der Waals surface area contributed by atoms with Gasteiger partial charge in [-0.2, -0.15) is 21.6 Å². The van der Waals surface area contributed by atoms with E-state index in [1.54, 1.807) is 54.6 Å². The van der Waals surface area contributed by atoms with Crippen LogP contribution < -0.4 is 4.74 Å². The second kappa shape index (κ2) is 10.1. The van der Waals surface area contributed by atoms with Crippen LogP contribution in [0.2, 0.25) is 0 Å². The smallest absolute Gasteiger partial charge is 0.497 e. The Morgan fingerprint density at radius 1 is 0.889 bits per heavy atom. The summed E-state index contributed by atoms with van der Waals surface area (Å²) in [6.45, 7) is -0.0530. The Morgan fingerprint density at radius 2 is 1.50 bits per heavy atom. The molecule has 3 aliphatic rings. The summed E-state index contributed by atoms with van der Waals surface area (Å²) in [5.41, 5.74) is -4.34. The zero-order valence-electron chi connectivity index (χ0n) is 19.3. The number of fused-ring (bicyclic) bond motifs is 5. The van der Waals surface area contributed by atoms with Crippen molar-refractivity contribution in [1.82, 2.24) is 9.80 Å². The summed E-state index contributed by atoms with van der Waals surface area (Å²) in [7, 11) is -4.51. The third kappa shape index (κ3) is 5.19. The predicted octanol–water partition coefficient (Wildman–Crippen LogP) is 3.22. The molecule has 3 heterocycles. The van der Waals surface area contributed by atoms with Crippen LogP contribution in [-0.4, -0.2) is 60.8 Å². The highest BCUT2D eigenvalue weighted by molar-refractivity contribution is 7.87. The maximum absolute atomic E-state index is 13.7. The molecule has 0 aromatic heterocycles. The molecule has 0 N–H and O–H groups in total. The monoisotopic (exact) mass is 526 g/mol. The summed E-state index contributed by atoms with van der Waals surface area (Å²) in [6.07, 6.45) is -1.45. The molecule has 2 amide bonds. The van der Waals surface area contributed by atoms with Gasteiger partial charge in [-0.15, -0.1) is 0 Å². The summed E-state index contributed by atoms with van der Waals surface area (Å²) < 4.78 is 73.0. The molecule has 5 rings (SSSR count). The molecule has 8 nitrogen and oxygen atoms in total. The fourth-order valence-corrected chi connectivity index (χ4v) is 5.25. The number of halogens is 3. The maximum Gasteiger partial charge on any atom is 0.523 e. The molecular weight excluding hydrogens is 501 g/mol. The number of carbonyl (C=O) groups is 2. The van der Waals surface area contributed by atoms with E-state index in [1.807, 2.05) is 0 Å². The van der Waals surface area contributed by atoms with Crippen molar-refractivity contribution in [1.29, 1.82) is 0 Å². The Bertz CT molecular complexity index is 1200. The molecule has 194 valence electrons. The summed E-state index contributed by atoms with van der Waals surface area (Å²) in [5.74, 6) is -0.565. The van der Waals surface area contributed by atoms with Gasteiger partial charge in [0.05, 0.1) is 7.11 Å². The van der Waals surface area contributed by atoms with Gasteiger partial charge < -0.3 is 14.5 Å². The Morgan fingerprint density at radius 3 is 2.11 bits per heavy atom. The van der Waals surface area contributed by atoms with E-state index in [9.17, 15) is 31.2 Å². The molecule has 36 heavy (non-hydrogen) atoms. The second-order valence-electron chi connectivity index (χ2n) is 8.69. The fraction of sp³-hybridized carbons (Fsp3) is 0.417. The lowest BCUT2D eigenvalue weighted by molar-refractivity contribution is -0.170. The fourth-order valence-electron chi connectivity index (χ4n) is 4.62.